The van der Waals surface area contributed by atoms with Crippen LogP contribution in [0.4, 0.5) is 4.79 Å². The van der Waals surface area contributed by atoms with Crippen LogP contribution in [0.3, 0.4) is 0 Å². The average molecular weight is 548 g/mol. The normalized spacial score (nSPS) is 34.0. The Bertz CT molecular complexity index is 965. The van der Waals surface area contributed by atoms with Crippen molar-refractivity contribution < 1.29 is 28.7 Å². The van der Waals surface area contributed by atoms with Gasteiger partial charge in [0.1, 0.15) is 23.7 Å². The Balaban J connectivity index is 1.64. The van der Waals surface area contributed by atoms with E-state index in [0.29, 0.717) is 25.9 Å². The lowest BCUT2D eigenvalue weighted by Gasteiger charge is -2.35. The number of rotatable bonds is 2. The maximum atomic E-state index is 14.0. The lowest BCUT2D eigenvalue weighted by atomic mass is 9.78. The number of carbonyl (C=O) groups excluding carboxylic acids is 5. The van der Waals surface area contributed by atoms with E-state index >= 15 is 0 Å². The predicted octanol–water partition coefficient (Wildman–Crippen LogP) is 1.45. The van der Waals surface area contributed by atoms with Crippen LogP contribution in [-0.4, -0.2) is 78.5 Å². The number of hydrogen-bond acceptors (Lipinski definition) is 6. The van der Waals surface area contributed by atoms with Crippen molar-refractivity contribution in [3.05, 3.63) is 0 Å². The van der Waals surface area contributed by atoms with E-state index in [0.717, 1.165) is 38.5 Å². The molecular weight excluding hydrogens is 502 g/mol. The molecule has 11 nitrogen and oxygen atoms in total. The number of nitrogens with one attached hydrogen (secondary N) is 4. The van der Waals surface area contributed by atoms with Crippen LogP contribution in [0.5, 0.6) is 0 Å². The first-order valence-electron chi connectivity index (χ1n) is 14.6. The fourth-order valence-electron chi connectivity index (χ4n) is 7.02. The second-order valence-corrected chi connectivity index (χ2v) is 12.6. The van der Waals surface area contributed by atoms with Crippen LogP contribution < -0.4 is 21.3 Å². The number of amides is 5. The van der Waals surface area contributed by atoms with Gasteiger partial charge in [0.2, 0.25) is 23.6 Å². The smallest absolute Gasteiger partial charge is 0.408 e. The summed E-state index contributed by atoms with van der Waals surface area (Å²) in [6, 6.07) is -2.43. The van der Waals surface area contributed by atoms with Gasteiger partial charge >= 0.3 is 6.09 Å². The molecule has 3 saturated heterocycles. The minimum Gasteiger partial charge on any atom is -0.444 e. The van der Waals surface area contributed by atoms with E-state index in [-0.39, 0.29) is 53.7 Å². The molecule has 218 valence electrons. The molecule has 0 aromatic heterocycles. The number of alkyl carbamates (subject to hydrolysis) is 1. The highest BCUT2D eigenvalue weighted by Crippen LogP contribution is 2.43. The highest BCUT2D eigenvalue weighted by Gasteiger charge is 2.51. The van der Waals surface area contributed by atoms with Crippen LogP contribution in [0, 0.1) is 23.7 Å². The van der Waals surface area contributed by atoms with Gasteiger partial charge in [0.05, 0.1) is 0 Å². The van der Waals surface area contributed by atoms with Crippen molar-refractivity contribution in [1.29, 1.82) is 0 Å². The van der Waals surface area contributed by atoms with Gasteiger partial charge in [-0.1, -0.05) is 19.3 Å². The first kappa shape index (κ1) is 29.1. The monoisotopic (exact) mass is 547 g/mol. The van der Waals surface area contributed by atoms with Crippen molar-refractivity contribution in [3.8, 4) is 0 Å². The maximum absolute atomic E-state index is 14.0. The topological polar surface area (TPSA) is 146 Å². The van der Waals surface area contributed by atoms with Crippen molar-refractivity contribution in [2.45, 2.75) is 102 Å². The molecule has 4 N–H and O–H groups in total. The third-order valence-corrected chi connectivity index (χ3v) is 8.84. The zero-order chi connectivity index (χ0) is 28.3. The van der Waals surface area contributed by atoms with Gasteiger partial charge in [-0.05, 0) is 77.0 Å². The molecule has 0 spiro atoms. The number of hydrogen-bond donors (Lipinski definition) is 4. The molecule has 0 aromatic rings. The Labute approximate surface area is 230 Å². The van der Waals surface area contributed by atoms with Crippen LogP contribution in [0.1, 0.15) is 78.6 Å². The van der Waals surface area contributed by atoms with Gasteiger partial charge in [0.15, 0.2) is 0 Å². The van der Waals surface area contributed by atoms with E-state index in [1.54, 1.807) is 25.7 Å². The highest BCUT2D eigenvalue weighted by molar-refractivity contribution is 5.95. The molecule has 1 unspecified atom stereocenters. The number of ether oxygens (including phenoxy) is 1. The molecule has 1 aliphatic carbocycles. The molecule has 3 aliphatic heterocycles. The van der Waals surface area contributed by atoms with Gasteiger partial charge < -0.3 is 30.9 Å². The van der Waals surface area contributed by atoms with Gasteiger partial charge in [-0.15, -0.1) is 0 Å². The van der Waals surface area contributed by atoms with E-state index in [1.165, 1.54) is 7.05 Å². The van der Waals surface area contributed by atoms with Crippen LogP contribution in [0.25, 0.3) is 0 Å². The summed E-state index contributed by atoms with van der Waals surface area (Å²) in [6.07, 6.45) is 5.74. The lowest BCUT2D eigenvalue weighted by molar-refractivity contribution is -0.142. The van der Waals surface area contributed by atoms with Gasteiger partial charge in [0.25, 0.3) is 0 Å². The minimum atomic E-state index is -0.880. The maximum Gasteiger partial charge on any atom is 0.408 e. The Morgan fingerprint density at radius 2 is 1.67 bits per heavy atom. The van der Waals surface area contributed by atoms with Crippen LogP contribution >= 0.6 is 0 Å². The highest BCUT2D eigenvalue weighted by atomic mass is 16.6. The number of likely N-dealkylation sites (N-methyl/N-ethyl adjacent to an activating group) is 1. The summed E-state index contributed by atoms with van der Waals surface area (Å²) in [5.41, 5.74) is -0.715. The van der Waals surface area contributed by atoms with Crippen molar-refractivity contribution in [3.63, 3.8) is 0 Å². The molecule has 3 heterocycles. The molecule has 4 rings (SSSR count). The summed E-state index contributed by atoms with van der Waals surface area (Å²) >= 11 is 0. The van der Waals surface area contributed by atoms with Gasteiger partial charge in [-0.2, -0.15) is 0 Å². The Morgan fingerprint density at radius 3 is 2.38 bits per heavy atom. The summed E-state index contributed by atoms with van der Waals surface area (Å²) in [5.74, 6) is -1.20. The quantitative estimate of drug-likeness (QED) is 0.412. The largest absolute Gasteiger partial charge is 0.444 e. The van der Waals surface area contributed by atoms with E-state index < -0.39 is 29.8 Å². The molecule has 0 bridgehead atoms. The minimum absolute atomic E-state index is 0.0000907. The van der Waals surface area contributed by atoms with E-state index in [2.05, 4.69) is 21.3 Å². The third-order valence-electron chi connectivity index (χ3n) is 8.84. The first-order chi connectivity index (χ1) is 18.5. The van der Waals surface area contributed by atoms with Crippen molar-refractivity contribution in [2.75, 3.05) is 20.1 Å². The summed E-state index contributed by atoms with van der Waals surface area (Å²) in [7, 11) is 1.52. The van der Waals surface area contributed by atoms with Crippen molar-refractivity contribution in [1.82, 2.24) is 26.2 Å². The molecular formula is C28H45N5O6. The fourth-order valence-corrected chi connectivity index (χ4v) is 7.02. The number of carbonyl (C=O) groups is 5. The second-order valence-electron chi connectivity index (χ2n) is 12.6. The summed E-state index contributed by atoms with van der Waals surface area (Å²) in [4.78, 5) is 67.9. The predicted molar refractivity (Wildman–Crippen MR) is 143 cm³/mol. The number of nitrogens with zero attached hydrogens (tertiary/aromatic N) is 1. The van der Waals surface area contributed by atoms with Gasteiger partial charge in [-0.25, -0.2) is 4.79 Å². The molecule has 11 heteroatoms. The van der Waals surface area contributed by atoms with Gasteiger partial charge in [-0.3, -0.25) is 19.2 Å². The van der Waals surface area contributed by atoms with Crippen molar-refractivity contribution >= 4 is 29.7 Å². The Morgan fingerprint density at radius 1 is 0.949 bits per heavy atom. The van der Waals surface area contributed by atoms with E-state index in [9.17, 15) is 24.0 Å². The molecule has 0 radical (unpaired) electrons. The zero-order valence-electron chi connectivity index (χ0n) is 23.7. The molecule has 1 saturated carbocycles. The van der Waals surface area contributed by atoms with Crippen molar-refractivity contribution in [2.24, 2.45) is 23.7 Å². The molecule has 4 fully saturated rings. The Hall–Kier alpha value is -2.85. The summed E-state index contributed by atoms with van der Waals surface area (Å²) < 4.78 is 5.45. The average Bonchev–Trinajstić information content (AvgIpc) is 3.46. The number of fused-ring (bicyclic) bond motifs is 4. The van der Waals surface area contributed by atoms with Crippen LogP contribution in [0.15, 0.2) is 0 Å². The molecule has 7 atom stereocenters. The first-order valence-corrected chi connectivity index (χ1v) is 14.6. The molecule has 5 amide bonds. The lowest BCUT2D eigenvalue weighted by Crippen LogP contribution is -2.58. The Kier molecular flexibility index (Phi) is 9.06. The molecule has 0 aromatic carbocycles. The molecule has 39 heavy (non-hydrogen) atoms. The van der Waals surface area contributed by atoms with Crippen LogP contribution in [0.2, 0.25) is 0 Å². The summed E-state index contributed by atoms with van der Waals surface area (Å²) in [5, 5.41) is 11.3. The standard InChI is InChI=1S/C28H45N5O6/c1-28(2,3)39-27(38)32-20-11-6-5-8-16-12-13-30-23(34)19(16)14-21(24(35)29-4)31-25(36)22-18-10-7-9-17(18)15-33(22)26(20)37/h16-22H,5-15H2,1-4H3,(H,29,35)(H,30,34)(H,31,36)(H,32,38)/t16-,17-,18-,19?,20-,21-,22-/m0/s1. The van der Waals surface area contributed by atoms with Gasteiger partial charge in [0, 0.05) is 26.1 Å². The SMILES string of the molecule is CNC(=O)[C@@H]1CC2C(=O)NCC[C@@H]2CCCC[C@H](NC(=O)OC(C)(C)C)C(=O)N2C[C@@H]3CCC[C@@H]3[C@H]2C(=O)N1. The number of piperidine rings is 1. The fraction of sp³-hybridized carbons (Fsp3) is 0.821. The van der Waals surface area contributed by atoms with E-state index in [1.807, 2.05) is 0 Å². The van der Waals surface area contributed by atoms with Crippen LogP contribution in [-0.2, 0) is 23.9 Å². The zero-order valence-corrected chi connectivity index (χ0v) is 23.7. The second kappa shape index (κ2) is 12.1. The molecule has 4 aliphatic rings. The summed E-state index contributed by atoms with van der Waals surface area (Å²) in [6.45, 7) is 6.33. The van der Waals surface area contributed by atoms with E-state index in [4.69, 9.17) is 4.74 Å². The third kappa shape index (κ3) is 6.84.